The third-order valence-electron chi connectivity index (χ3n) is 3.92. The van der Waals surface area contributed by atoms with E-state index in [1.165, 1.54) is 31.2 Å². The van der Waals surface area contributed by atoms with Gasteiger partial charge in [-0.1, -0.05) is 44.4 Å². The molecule has 1 aliphatic rings. The fraction of sp³-hybridized carbons (Fsp3) is 0.647. The summed E-state index contributed by atoms with van der Waals surface area (Å²) in [6.07, 6.45) is 5.43. The van der Waals surface area contributed by atoms with E-state index in [2.05, 4.69) is 24.4 Å². The van der Waals surface area contributed by atoms with Crippen LogP contribution >= 0.6 is 0 Å². The lowest BCUT2D eigenvalue weighted by molar-refractivity contribution is 0.0810. The number of hydrogen-bond donors (Lipinski definition) is 1. The summed E-state index contributed by atoms with van der Waals surface area (Å²) in [5.41, 5.74) is 1.21. The normalized spacial score (nSPS) is 15.1. The second-order valence-electron chi connectivity index (χ2n) is 5.43. The lowest BCUT2D eigenvalue weighted by atomic mass is 9.83. The van der Waals surface area contributed by atoms with Gasteiger partial charge in [-0.3, -0.25) is 0 Å². The van der Waals surface area contributed by atoms with Crippen molar-refractivity contribution in [2.45, 2.75) is 39.2 Å². The molecule has 0 aromatic heterocycles. The fourth-order valence-electron chi connectivity index (χ4n) is 2.39. The second kappa shape index (κ2) is 8.98. The molecule has 3 heteroatoms. The molecular weight excluding hydrogens is 250 g/mol. The van der Waals surface area contributed by atoms with E-state index in [-0.39, 0.29) is 0 Å². The van der Waals surface area contributed by atoms with E-state index in [0.717, 1.165) is 31.4 Å². The van der Waals surface area contributed by atoms with Crippen LogP contribution in [0.3, 0.4) is 0 Å². The van der Waals surface area contributed by atoms with E-state index in [0.29, 0.717) is 13.2 Å². The Morgan fingerprint density at radius 1 is 1.15 bits per heavy atom. The molecule has 0 spiro atoms. The first-order valence-corrected chi connectivity index (χ1v) is 7.89. The average molecular weight is 277 g/mol. The minimum absolute atomic E-state index is 0.633. The summed E-state index contributed by atoms with van der Waals surface area (Å²) >= 11 is 0. The molecule has 20 heavy (non-hydrogen) atoms. The zero-order valence-electron chi connectivity index (χ0n) is 12.6. The lowest BCUT2D eigenvalue weighted by Gasteiger charge is -2.24. The monoisotopic (exact) mass is 277 g/mol. The Balaban J connectivity index is 1.60. The van der Waals surface area contributed by atoms with Crippen LogP contribution in [0.5, 0.6) is 5.75 Å². The Hall–Kier alpha value is -1.06. The van der Waals surface area contributed by atoms with Crippen molar-refractivity contribution >= 4 is 0 Å². The summed E-state index contributed by atoms with van der Waals surface area (Å²) in [5.74, 6) is 1.90. The van der Waals surface area contributed by atoms with Gasteiger partial charge in [-0.05, 0) is 24.9 Å². The lowest BCUT2D eigenvalue weighted by Crippen LogP contribution is -2.16. The maximum absolute atomic E-state index is 5.82. The Bertz CT molecular complexity index is 377. The number of ether oxygens (including phenoxy) is 2. The summed E-state index contributed by atoms with van der Waals surface area (Å²) in [6.45, 7) is 6.14. The van der Waals surface area contributed by atoms with Crippen LogP contribution < -0.4 is 10.1 Å². The van der Waals surface area contributed by atoms with Crippen LogP contribution in [0.4, 0.5) is 0 Å². The molecule has 0 aliphatic heterocycles. The van der Waals surface area contributed by atoms with E-state index in [1.807, 2.05) is 12.1 Å². The first-order chi connectivity index (χ1) is 9.90. The molecule has 1 aliphatic carbocycles. The number of hydrogen-bond acceptors (Lipinski definition) is 3. The van der Waals surface area contributed by atoms with Crippen LogP contribution in [0.1, 0.15) is 38.2 Å². The number of nitrogens with one attached hydrogen (secondary N) is 1. The van der Waals surface area contributed by atoms with E-state index in [4.69, 9.17) is 9.47 Å². The predicted molar refractivity (Wildman–Crippen MR) is 82.1 cm³/mol. The van der Waals surface area contributed by atoms with Crippen LogP contribution in [-0.2, 0) is 11.3 Å². The van der Waals surface area contributed by atoms with Crippen molar-refractivity contribution in [2.24, 2.45) is 5.92 Å². The Kier molecular flexibility index (Phi) is 6.89. The van der Waals surface area contributed by atoms with Gasteiger partial charge in [-0.25, -0.2) is 0 Å². The van der Waals surface area contributed by atoms with Gasteiger partial charge in [0.1, 0.15) is 12.4 Å². The summed E-state index contributed by atoms with van der Waals surface area (Å²) < 4.78 is 11.5. The SMILES string of the molecule is CCNCc1ccccc1OCCOCCC1CCC1. The second-order valence-corrected chi connectivity index (χ2v) is 5.43. The molecule has 1 N–H and O–H groups in total. The van der Waals surface area contributed by atoms with Gasteiger partial charge in [0.25, 0.3) is 0 Å². The number of benzene rings is 1. The third kappa shape index (κ3) is 5.14. The molecule has 112 valence electrons. The zero-order chi connectivity index (χ0) is 14.0. The molecule has 0 bridgehead atoms. The molecule has 2 rings (SSSR count). The summed E-state index contributed by atoms with van der Waals surface area (Å²) in [7, 11) is 0. The highest BCUT2D eigenvalue weighted by Gasteiger charge is 2.16. The van der Waals surface area contributed by atoms with E-state index in [1.54, 1.807) is 0 Å². The zero-order valence-corrected chi connectivity index (χ0v) is 12.6. The molecule has 1 aromatic rings. The summed E-state index contributed by atoms with van der Waals surface area (Å²) in [4.78, 5) is 0. The smallest absolute Gasteiger partial charge is 0.123 e. The van der Waals surface area contributed by atoms with Gasteiger partial charge in [0.05, 0.1) is 6.61 Å². The highest BCUT2D eigenvalue weighted by atomic mass is 16.5. The quantitative estimate of drug-likeness (QED) is 0.665. The maximum atomic E-state index is 5.82. The van der Waals surface area contributed by atoms with Crippen molar-refractivity contribution in [3.63, 3.8) is 0 Å². The van der Waals surface area contributed by atoms with Crippen LogP contribution in [0.25, 0.3) is 0 Å². The van der Waals surface area contributed by atoms with Gasteiger partial charge in [-0.15, -0.1) is 0 Å². The number of para-hydroxylation sites is 1. The molecule has 0 saturated heterocycles. The minimum Gasteiger partial charge on any atom is -0.491 e. The molecule has 0 heterocycles. The largest absolute Gasteiger partial charge is 0.491 e. The highest BCUT2D eigenvalue weighted by Crippen LogP contribution is 2.29. The van der Waals surface area contributed by atoms with Crippen molar-refractivity contribution in [1.29, 1.82) is 0 Å². The highest BCUT2D eigenvalue weighted by molar-refractivity contribution is 5.33. The van der Waals surface area contributed by atoms with Gasteiger partial charge in [0.2, 0.25) is 0 Å². The average Bonchev–Trinajstić information content (AvgIpc) is 2.43. The molecule has 1 fully saturated rings. The van der Waals surface area contributed by atoms with E-state index >= 15 is 0 Å². The van der Waals surface area contributed by atoms with Gasteiger partial charge < -0.3 is 14.8 Å². The standard InChI is InChI=1S/C17H27NO2/c1-2-18-14-16-8-3-4-9-17(16)20-13-12-19-11-10-15-6-5-7-15/h3-4,8-9,15,18H,2,5-7,10-14H2,1H3. The summed E-state index contributed by atoms with van der Waals surface area (Å²) in [6, 6.07) is 8.20. The van der Waals surface area contributed by atoms with Crippen molar-refractivity contribution in [3.05, 3.63) is 29.8 Å². The van der Waals surface area contributed by atoms with Crippen LogP contribution in [-0.4, -0.2) is 26.4 Å². The van der Waals surface area contributed by atoms with Crippen molar-refractivity contribution in [3.8, 4) is 5.75 Å². The van der Waals surface area contributed by atoms with Gasteiger partial charge >= 0.3 is 0 Å². The first kappa shape index (κ1) is 15.3. The topological polar surface area (TPSA) is 30.5 Å². The van der Waals surface area contributed by atoms with Gasteiger partial charge in [0.15, 0.2) is 0 Å². The Labute approximate surface area is 122 Å². The molecule has 1 aromatic carbocycles. The van der Waals surface area contributed by atoms with Crippen molar-refractivity contribution < 1.29 is 9.47 Å². The van der Waals surface area contributed by atoms with Crippen molar-refractivity contribution in [1.82, 2.24) is 5.32 Å². The molecule has 0 radical (unpaired) electrons. The number of rotatable bonds is 10. The molecular formula is C17H27NO2. The predicted octanol–water partition coefficient (Wildman–Crippen LogP) is 3.38. The van der Waals surface area contributed by atoms with Crippen LogP contribution in [0.2, 0.25) is 0 Å². The van der Waals surface area contributed by atoms with Gasteiger partial charge in [-0.2, -0.15) is 0 Å². The molecule has 0 unspecified atom stereocenters. The summed E-state index contributed by atoms with van der Waals surface area (Å²) in [5, 5.41) is 3.33. The Morgan fingerprint density at radius 3 is 2.75 bits per heavy atom. The Morgan fingerprint density at radius 2 is 2.00 bits per heavy atom. The third-order valence-corrected chi connectivity index (χ3v) is 3.92. The molecule has 1 saturated carbocycles. The minimum atomic E-state index is 0.633. The van der Waals surface area contributed by atoms with Crippen molar-refractivity contribution in [2.75, 3.05) is 26.4 Å². The molecule has 0 amide bonds. The molecule has 0 atom stereocenters. The first-order valence-electron chi connectivity index (χ1n) is 7.89. The molecule has 3 nitrogen and oxygen atoms in total. The van der Waals surface area contributed by atoms with Crippen LogP contribution in [0.15, 0.2) is 24.3 Å². The van der Waals surface area contributed by atoms with Crippen LogP contribution in [0, 0.1) is 5.92 Å². The van der Waals surface area contributed by atoms with E-state index in [9.17, 15) is 0 Å². The fourth-order valence-corrected chi connectivity index (χ4v) is 2.39. The van der Waals surface area contributed by atoms with Gasteiger partial charge in [0, 0.05) is 18.7 Å². The maximum Gasteiger partial charge on any atom is 0.123 e. The van der Waals surface area contributed by atoms with E-state index < -0.39 is 0 Å².